The van der Waals surface area contributed by atoms with Crippen LogP contribution in [0.25, 0.3) is 0 Å². The van der Waals surface area contributed by atoms with Gasteiger partial charge in [0, 0.05) is 19.1 Å². The number of phenols is 2. The van der Waals surface area contributed by atoms with Gasteiger partial charge >= 0.3 is 0 Å². The van der Waals surface area contributed by atoms with E-state index in [1.807, 2.05) is 6.07 Å². The second-order valence-electron chi connectivity index (χ2n) is 4.53. The highest BCUT2D eigenvalue weighted by Crippen LogP contribution is 2.26. The van der Waals surface area contributed by atoms with Crippen LogP contribution in [0.3, 0.4) is 0 Å². The minimum atomic E-state index is -0.0562. The topological polar surface area (TPSA) is 55.7 Å². The molecular formula is C13H20N2O2. The maximum Gasteiger partial charge on any atom is 0.157 e. The van der Waals surface area contributed by atoms with E-state index >= 15 is 0 Å². The van der Waals surface area contributed by atoms with E-state index in [4.69, 9.17) is 0 Å². The van der Waals surface area contributed by atoms with Crippen molar-refractivity contribution in [3.63, 3.8) is 0 Å². The van der Waals surface area contributed by atoms with Gasteiger partial charge in [0.05, 0.1) is 0 Å². The Kier molecular flexibility index (Phi) is 3.86. The first kappa shape index (κ1) is 12.2. The predicted molar refractivity (Wildman–Crippen MR) is 67.1 cm³/mol. The summed E-state index contributed by atoms with van der Waals surface area (Å²) in [6, 6.07) is 5.63. The van der Waals surface area contributed by atoms with E-state index < -0.39 is 0 Å². The fourth-order valence-electron chi connectivity index (χ4n) is 2.35. The first-order valence-electron chi connectivity index (χ1n) is 6.16. The molecule has 1 saturated heterocycles. The van der Waals surface area contributed by atoms with E-state index in [0.717, 1.165) is 31.7 Å². The summed E-state index contributed by atoms with van der Waals surface area (Å²) in [5.41, 5.74) is 1.04. The van der Waals surface area contributed by atoms with Crippen LogP contribution in [-0.2, 0) is 6.54 Å². The number of nitrogens with one attached hydrogen (secondary N) is 1. The number of hydrogen-bond acceptors (Lipinski definition) is 4. The molecule has 3 N–H and O–H groups in total. The fourth-order valence-corrected chi connectivity index (χ4v) is 2.35. The van der Waals surface area contributed by atoms with E-state index in [1.165, 1.54) is 6.42 Å². The molecule has 4 heteroatoms. The summed E-state index contributed by atoms with van der Waals surface area (Å²) in [6.45, 7) is 6.09. The van der Waals surface area contributed by atoms with Crippen LogP contribution in [0, 0.1) is 0 Å². The fraction of sp³-hybridized carbons (Fsp3) is 0.538. The molecule has 0 saturated carbocycles. The van der Waals surface area contributed by atoms with Gasteiger partial charge < -0.3 is 15.5 Å². The highest BCUT2D eigenvalue weighted by atomic mass is 16.3. The predicted octanol–water partition coefficient (Wildman–Crippen LogP) is 1.28. The normalized spacial score (nSPS) is 20.0. The third kappa shape index (κ3) is 2.90. The van der Waals surface area contributed by atoms with Gasteiger partial charge in [-0.3, -0.25) is 4.90 Å². The van der Waals surface area contributed by atoms with Crippen LogP contribution in [-0.4, -0.2) is 40.8 Å². The maximum absolute atomic E-state index is 9.47. The summed E-state index contributed by atoms with van der Waals surface area (Å²) in [6.07, 6.45) is 1.18. The van der Waals surface area contributed by atoms with Crippen LogP contribution in [0.1, 0.15) is 18.9 Å². The van der Waals surface area contributed by atoms with E-state index in [-0.39, 0.29) is 11.5 Å². The molecular weight excluding hydrogens is 216 g/mol. The van der Waals surface area contributed by atoms with Crippen LogP contribution >= 0.6 is 0 Å². The first-order chi connectivity index (χ1) is 8.20. The molecule has 1 aliphatic rings. The number of likely N-dealkylation sites (N-methyl/N-ethyl adjacent to an activating group) is 1. The molecule has 1 atom stereocenters. The van der Waals surface area contributed by atoms with Crippen LogP contribution in [0.4, 0.5) is 0 Å². The molecule has 1 fully saturated rings. The van der Waals surface area contributed by atoms with E-state index in [9.17, 15) is 10.2 Å². The minimum Gasteiger partial charge on any atom is -0.504 e. The SMILES string of the molecule is CCN(Cc1ccc(O)c(O)c1)C1CCNC1. The van der Waals surface area contributed by atoms with Crippen molar-refractivity contribution in [2.45, 2.75) is 25.9 Å². The third-order valence-corrected chi connectivity index (χ3v) is 3.38. The van der Waals surface area contributed by atoms with Crippen molar-refractivity contribution in [3.8, 4) is 11.5 Å². The van der Waals surface area contributed by atoms with Crippen molar-refractivity contribution in [2.24, 2.45) is 0 Å². The highest BCUT2D eigenvalue weighted by Gasteiger charge is 2.21. The molecule has 17 heavy (non-hydrogen) atoms. The third-order valence-electron chi connectivity index (χ3n) is 3.38. The molecule has 0 aliphatic carbocycles. The molecule has 0 aromatic heterocycles. The molecule has 0 spiro atoms. The average molecular weight is 236 g/mol. The van der Waals surface area contributed by atoms with Gasteiger partial charge in [-0.05, 0) is 37.2 Å². The van der Waals surface area contributed by atoms with Gasteiger partial charge in [-0.15, -0.1) is 0 Å². The Morgan fingerprint density at radius 1 is 1.35 bits per heavy atom. The Morgan fingerprint density at radius 2 is 2.18 bits per heavy atom. The second kappa shape index (κ2) is 5.38. The number of aromatic hydroxyl groups is 2. The molecule has 1 aromatic carbocycles. The van der Waals surface area contributed by atoms with Crippen molar-refractivity contribution in [1.29, 1.82) is 0 Å². The molecule has 4 nitrogen and oxygen atoms in total. The van der Waals surface area contributed by atoms with Crippen molar-refractivity contribution >= 4 is 0 Å². The number of hydrogen-bond donors (Lipinski definition) is 3. The summed E-state index contributed by atoms with van der Waals surface area (Å²) in [4.78, 5) is 2.39. The Bertz CT molecular complexity index is 376. The lowest BCUT2D eigenvalue weighted by Crippen LogP contribution is -2.36. The van der Waals surface area contributed by atoms with Gasteiger partial charge in [0.1, 0.15) is 0 Å². The van der Waals surface area contributed by atoms with E-state index in [0.29, 0.717) is 6.04 Å². The standard InChI is InChI=1S/C13H20N2O2/c1-2-15(11-5-6-14-8-11)9-10-3-4-12(16)13(17)7-10/h3-4,7,11,14,16-17H,2,5-6,8-9H2,1H3. The van der Waals surface area contributed by atoms with Gasteiger partial charge in [-0.25, -0.2) is 0 Å². The zero-order valence-electron chi connectivity index (χ0n) is 10.2. The number of rotatable bonds is 4. The summed E-state index contributed by atoms with van der Waals surface area (Å²) in [5, 5.41) is 22.1. The molecule has 1 unspecified atom stereocenters. The van der Waals surface area contributed by atoms with Crippen molar-refractivity contribution in [2.75, 3.05) is 19.6 Å². The van der Waals surface area contributed by atoms with Gasteiger partial charge in [0.25, 0.3) is 0 Å². The average Bonchev–Trinajstić information content (AvgIpc) is 2.84. The highest BCUT2D eigenvalue weighted by molar-refractivity contribution is 5.40. The molecule has 0 bridgehead atoms. The summed E-state index contributed by atoms with van der Waals surface area (Å²) >= 11 is 0. The van der Waals surface area contributed by atoms with Gasteiger partial charge in [-0.2, -0.15) is 0 Å². The maximum atomic E-state index is 9.47. The Morgan fingerprint density at radius 3 is 2.76 bits per heavy atom. The van der Waals surface area contributed by atoms with E-state index in [1.54, 1.807) is 12.1 Å². The summed E-state index contributed by atoms with van der Waals surface area (Å²) in [5.74, 6) is -0.0950. The van der Waals surface area contributed by atoms with Crippen molar-refractivity contribution in [1.82, 2.24) is 10.2 Å². The second-order valence-corrected chi connectivity index (χ2v) is 4.53. The van der Waals surface area contributed by atoms with Crippen LogP contribution in [0.5, 0.6) is 11.5 Å². The smallest absolute Gasteiger partial charge is 0.157 e. The largest absolute Gasteiger partial charge is 0.504 e. The number of phenolic OH excluding ortho intramolecular Hbond substituents is 2. The lowest BCUT2D eigenvalue weighted by atomic mass is 10.1. The monoisotopic (exact) mass is 236 g/mol. The minimum absolute atomic E-state index is 0.0388. The van der Waals surface area contributed by atoms with Crippen LogP contribution in [0.2, 0.25) is 0 Å². The number of benzene rings is 1. The molecule has 94 valence electrons. The van der Waals surface area contributed by atoms with Crippen LogP contribution < -0.4 is 5.32 Å². The zero-order valence-corrected chi connectivity index (χ0v) is 10.2. The Balaban J connectivity index is 2.04. The lowest BCUT2D eigenvalue weighted by Gasteiger charge is -2.26. The lowest BCUT2D eigenvalue weighted by molar-refractivity contribution is 0.210. The molecule has 2 rings (SSSR count). The van der Waals surface area contributed by atoms with Gasteiger partial charge in [0.15, 0.2) is 11.5 Å². The number of nitrogens with zero attached hydrogens (tertiary/aromatic N) is 1. The summed E-state index contributed by atoms with van der Waals surface area (Å²) < 4.78 is 0. The first-order valence-corrected chi connectivity index (χ1v) is 6.16. The van der Waals surface area contributed by atoms with Gasteiger partial charge in [0.2, 0.25) is 0 Å². The molecule has 0 radical (unpaired) electrons. The molecule has 1 aromatic rings. The Hall–Kier alpha value is -1.26. The summed E-state index contributed by atoms with van der Waals surface area (Å²) in [7, 11) is 0. The quantitative estimate of drug-likeness (QED) is 0.689. The zero-order chi connectivity index (χ0) is 12.3. The molecule has 1 aliphatic heterocycles. The van der Waals surface area contributed by atoms with E-state index in [2.05, 4.69) is 17.1 Å². The van der Waals surface area contributed by atoms with Crippen LogP contribution in [0.15, 0.2) is 18.2 Å². The van der Waals surface area contributed by atoms with Crippen molar-refractivity contribution in [3.05, 3.63) is 23.8 Å². The van der Waals surface area contributed by atoms with Crippen molar-refractivity contribution < 1.29 is 10.2 Å². The Labute approximate surface area is 102 Å². The molecule has 0 amide bonds. The van der Waals surface area contributed by atoms with Gasteiger partial charge in [-0.1, -0.05) is 13.0 Å². The molecule has 1 heterocycles.